The molecule has 0 aromatic carbocycles. The fraction of sp³-hybridized carbons (Fsp3) is 0.364. The number of hydrogen-bond donors (Lipinski definition) is 4. The number of thiocarbonyl (C=S) groups is 1. The molecule has 2 amide bonds. The van der Waals surface area contributed by atoms with Crippen LogP contribution in [0.4, 0.5) is 0 Å². The lowest BCUT2D eigenvalue weighted by Gasteiger charge is -2.10. The molecule has 8 nitrogen and oxygen atoms in total. The summed E-state index contributed by atoms with van der Waals surface area (Å²) in [6, 6.07) is 3.37. The highest BCUT2D eigenvalue weighted by atomic mass is 32.1. The SMILES string of the molecule is COCCNC(=S)NNC(=O)C(=O)NCc1ccco1. The summed E-state index contributed by atoms with van der Waals surface area (Å²) in [5.41, 5.74) is 4.56. The summed E-state index contributed by atoms with van der Waals surface area (Å²) in [5.74, 6) is -1.10. The van der Waals surface area contributed by atoms with Crippen LogP contribution in [-0.2, 0) is 20.9 Å². The number of ether oxygens (including phenoxy) is 1. The predicted octanol–water partition coefficient (Wildman–Crippen LogP) is -0.962. The highest BCUT2D eigenvalue weighted by Crippen LogP contribution is 1.97. The van der Waals surface area contributed by atoms with E-state index in [0.29, 0.717) is 18.9 Å². The second-order valence-electron chi connectivity index (χ2n) is 3.59. The van der Waals surface area contributed by atoms with E-state index < -0.39 is 11.8 Å². The van der Waals surface area contributed by atoms with Crippen LogP contribution in [0.2, 0.25) is 0 Å². The summed E-state index contributed by atoms with van der Waals surface area (Å²) < 4.78 is 9.83. The maximum atomic E-state index is 11.4. The Bertz CT molecular complexity index is 449. The number of amides is 2. The number of furan rings is 1. The van der Waals surface area contributed by atoms with Gasteiger partial charge in [0.05, 0.1) is 19.4 Å². The molecule has 1 heterocycles. The highest BCUT2D eigenvalue weighted by Gasteiger charge is 2.13. The van der Waals surface area contributed by atoms with Crippen molar-refractivity contribution in [3.8, 4) is 0 Å². The van der Waals surface area contributed by atoms with Crippen molar-refractivity contribution in [1.82, 2.24) is 21.5 Å². The van der Waals surface area contributed by atoms with Gasteiger partial charge in [-0.25, -0.2) is 0 Å². The van der Waals surface area contributed by atoms with Crippen LogP contribution in [0.1, 0.15) is 5.76 Å². The topological polar surface area (TPSA) is 105 Å². The van der Waals surface area contributed by atoms with Gasteiger partial charge in [0.25, 0.3) is 0 Å². The zero-order valence-electron chi connectivity index (χ0n) is 10.9. The lowest BCUT2D eigenvalue weighted by atomic mass is 10.4. The third-order valence-electron chi connectivity index (χ3n) is 2.09. The van der Waals surface area contributed by atoms with Crippen molar-refractivity contribution in [2.45, 2.75) is 6.54 Å². The Hall–Kier alpha value is -2.13. The van der Waals surface area contributed by atoms with E-state index >= 15 is 0 Å². The van der Waals surface area contributed by atoms with E-state index in [1.165, 1.54) is 6.26 Å². The monoisotopic (exact) mass is 300 g/mol. The summed E-state index contributed by atoms with van der Waals surface area (Å²) in [5, 5.41) is 5.35. The molecule has 0 unspecified atom stereocenters. The van der Waals surface area contributed by atoms with Crippen molar-refractivity contribution in [2.24, 2.45) is 0 Å². The molecule has 1 aromatic rings. The number of hydrazine groups is 1. The predicted molar refractivity (Wildman–Crippen MR) is 74.3 cm³/mol. The molecule has 0 atom stereocenters. The van der Waals surface area contributed by atoms with Gasteiger partial charge in [0.1, 0.15) is 5.76 Å². The van der Waals surface area contributed by atoms with Gasteiger partial charge in [-0.3, -0.25) is 20.4 Å². The van der Waals surface area contributed by atoms with Crippen molar-refractivity contribution >= 4 is 29.1 Å². The molecule has 0 spiro atoms. The van der Waals surface area contributed by atoms with Crippen LogP contribution in [0.15, 0.2) is 22.8 Å². The third-order valence-corrected chi connectivity index (χ3v) is 2.34. The summed E-state index contributed by atoms with van der Waals surface area (Å²) >= 11 is 4.86. The quantitative estimate of drug-likeness (QED) is 0.240. The lowest BCUT2D eigenvalue weighted by molar-refractivity contribution is -0.139. The fourth-order valence-electron chi connectivity index (χ4n) is 1.14. The van der Waals surface area contributed by atoms with Gasteiger partial charge in [0.15, 0.2) is 5.11 Å². The Labute approximate surface area is 121 Å². The molecule has 110 valence electrons. The summed E-state index contributed by atoms with van der Waals surface area (Å²) in [6.45, 7) is 1.10. The summed E-state index contributed by atoms with van der Waals surface area (Å²) in [6.07, 6.45) is 1.48. The minimum atomic E-state index is -0.854. The van der Waals surface area contributed by atoms with Crippen LogP contribution in [0, 0.1) is 0 Å². The minimum absolute atomic E-state index is 0.135. The second kappa shape index (κ2) is 8.88. The molecule has 0 aliphatic carbocycles. The molecule has 0 radical (unpaired) electrons. The molecule has 4 N–H and O–H groups in total. The summed E-state index contributed by atoms with van der Waals surface area (Å²) in [7, 11) is 1.56. The Morgan fingerprint density at radius 2 is 2.10 bits per heavy atom. The molecule has 1 aromatic heterocycles. The van der Waals surface area contributed by atoms with E-state index in [4.69, 9.17) is 21.4 Å². The van der Waals surface area contributed by atoms with E-state index in [1.807, 2.05) is 0 Å². The number of carbonyl (C=O) groups is 2. The number of rotatable bonds is 5. The molecular weight excluding hydrogens is 284 g/mol. The Morgan fingerprint density at radius 1 is 1.30 bits per heavy atom. The third kappa shape index (κ3) is 6.16. The van der Waals surface area contributed by atoms with Gasteiger partial charge in [0, 0.05) is 13.7 Å². The van der Waals surface area contributed by atoms with Gasteiger partial charge >= 0.3 is 11.8 Å². The van der Waals surface area contributed by atoms with Crippen LogP contribution in [0.5, 0.6) is 0 Å². The van der Waals surface area contributed by atoms with Gasteiger partial charge < -0.3 is 19.8 Å². The van der Waals surface area contributed by atoms with Crippen LogP contribution < -0.4 is 21.5 Å². The minimum Gasteiger partial charge on any atom is -0.467 e. The maximum Gasteiger partial charge on any atom is 0.327 e. The van der Waals surface area contributed by atoms with Crippen LogP contribution in [0.25, 0.3) is 0 Å². The smallest absolute Gasteiger partial charge is 0.327 e. The van der Waals surface area contributed by atoms with E-state index in [2.05, 4.69) is 21.5 Å². The molecule has 0 saturated carbocycles. The van der Waals surface area contributed by atoms with Gasteiger partial charge in [0.2, 0.25) is 0 Å². The van der Waals surface area contributed by atoms with Crippen molar-refractivity contribution in [3.05, 3.63) is 24.2 Å². The molecule has 0 aliphatic heterocycles. The largest absolute Gasteiger partial charge is 0.467 e. The molecule has 0 bridgehead atoms. The zero-order valence-corrected chi connectivity index (χ0v) is 11.7. The normalized spacial score (nSPS) is 9.65. The number of hydrogen-bond acceptors (Lipinski definition) is 5. The Balaban J connectivity index is 2.17. The molecule has 0 saturated heterocycles. The van der Waals surface area contributed by atoms with Gasteiger partial charge in [-0.1, -0.05) is 0 Å². The van der Waals surface area contributed by atoms with Gasteiger partial charge in [-0.15, -0.1) is 0 Å². The van der Waals surface area contributed by atoms with Crippen molar-refractivity contribution in [1.29, 1.82) is 0 Å². The average Bonchev–Trinajstić information content (AvgIpc) is 2.95. The van der Waals surface area contributed by atoms with Crippen LogP contribution in [0.3, 0.4) is 0 Å². The standard InChI is InChI=1S/C11H16N4O4S/c1-18-6-4-12-11(20)15-14-10(17)9(16)13-7-8-3-2-5-19-8/h2-3,5H,4,6-7H2,1H3,(H,13,16)(H,14,17)(H2,12,15,20). The first-order valence-electron chi connectivity index (χ1n) is 5.77. The molecule has 20 heavy (non-hydrogen) atoms. The molecule has 0 fully saturated rings. The number of methoxy groups -OCH3 is 1. The van der Waals surface area contributed by atoms with E-state index in [-0.39, 0.29) is 11.7 Å². The lowest BCUT2D eigenvalue weighted by Crippen LogP contribution is -2.51. The van der Waals surface area contributed by atoms with Crippen molar-refractivity contribution < 1.29 is 18.7 Å². The van der Waals surface area contributed by atoms with E-state index in [9.17, 15) is 9.59 Å². The average molecular weight is 300 g/mol. The summed E-state index contributed by atoms with van der Waals surface area (Å²) in [4.78, 5) is 22.8. The van der Waals surface area contributed by atoms with Crippen molar-refractivity contribution in [3.63, 3.8) is 0 Å². The Morgan fingerprint density at radius 3 is 2.75 bits per heavy atom. The molecule has 0 aliphatic rings. The number of nitrogens with one attached hydrogen (secondary N) is 4. The van der Waals surface area contributed by atoms with Crippen LogP contribution in [-0.4, -0.2) is 37.2 Å². The van der Waals surface area contributed by atoms with Crippen molar-refractivity contribution in [2.75, 3.05) is 20.3 Å². The highest BCUT2D eigenvalue weighted by molar-refractivity contribution is 7.80. The fourth-order valence-corrected chi connectivity index (χ4v) is 1.30. The first kappa shape index (κ1) is 15.9. The first-order valence-corrected chi connectivity index (χ1v) is 6.17. The van der Waals surface area contributed by atoms with E-state index in [0.717, 1.165) is 0 Å². The second-order valence-corrected chi connectivity index (χ2v) is 4.00. The van der Waals surface area contributed by atoms with Gasteiger partial charge in [-0.2, -0.15) is 0 Å². The maximum absolute atomic E-state index is 11.4. The Kier molecular flexibility index (Phi) is 7.07. The van der Waals surface area contributed by atoms with E-state index in [1.54, 1.807) is 19.2 Å². The molecule has 1 rings (SSSR count). The van der Waals surface area contributed by atoms with Gasteiger partial charge in [-0.05, 0) is 24.4 Å². The zero-order chi connectivity index (χ0) is 14.8. The van der Waals surface area contributed by atoms with Crippen LogP contribution >= 0.6 is 12.2 Å². The number of carbonyl (C=O) groups excluding carboxylic acids is 2. The molecular formula is C11H16N4O4S. The first-order chi connectivity index (χ1) is 9.63. The molecule has 9 heteroatoms.